The van der Waals surface area contributed by atoms with E-state index in [2.05, 4.69) is 82.3 Å². The van der Waals surface area contributed by atoms with E-state index in [1.54, 1.807) is 0 Å². The van der Waals surface area contributed by atoms with Crippen molar-refractivity contribution in [3.63, 3.8) is 0 Å². The van der Waals surface area contributed by atoms with Crippen LogP contribution in [0, 0.1) is 54.8 Å². The molecular formula is C32H41ClF3N2O4RuS. The molecule has 0 saturated carbocycles. The minimum atomic E-state index is -6.09. The van der Waals surface area contributed by atoms with Crippen LogP contribution < -0.4 is 22.2 Å². The summed E-state index contributed by atoms with van der Waals surface area (Å²) >= 11 is 0. The van der Waals surface area contributed by atoms with Gasteiger partial charge in [0, 0.05) is 39.7 Å². The Morgan fingerprint density at radius 1 is 0.841 bits per heavy atom. The van der Waals surface area contributed by atoms with Gasteiger partial charge in [0.2, 0.25) is 5.78 Å². The van der Waals surface area contributed by atoms with Gasteiger partial charge in [0.05, 0.1) is 0 Å². The van der Waals surface area contributed by atoms with E-state index in [-0.39, 0.29) is 39.4 Å². The first-order valence-electron chi connectivity index (χ1n) is 13.4. The number of aryl methyl sites for hydroxylation is 6. The molecule has 1 fully saturated rings. The van der Waals surface area contributed by atoms with Gasteiger partial charge < -0.3 is 31.2 Å². The largest absolute Gasteiger partial charge is 2.00 e. The summed E-state index contributed by atoms with van der Waals surface area (Å²) in [5, 5.41) is 0. The Hall–Kier alpha value is -2.46. The number of allylic oxidation sites excluding steroid dienone is 5. The van der Waals surface area contributed by atoms with Gasteiger partial charge in [-0.3, -0.25) is 0 Å². The number of hydrogen-bond acceptors (Lipinski definition) is 5. The molecule has 1 saturated heterocycles. The van der Waals surface area contributed by atoms with E-state index >= 15 is 0 Å². The van der Waals surface area contributed by atoms with Gasteiger partial charge in [-0.15, -0.1) is 6.08 Å². The van der Waals surface area contributed by atoms with Gasteiger partial charge in [0.25, 0.3) is 6.10 Å². The van der Waals surface area contributed by atoms with E-state index in [1.807, 2.05) is 38.2 Å². The van der Waals surface area contributed by atoms with E-state index in [0.717, 1.165) is 18.9 Å². The molecule has 2 aliphatic rings. The third-order valence-corrected chi connectivity index (χ3v) is 6.84. The number of anilines is 2. The molecule has 44 heavy (non-hydrogen) atoms. The summed E-state index contributed by atoms with van der Waals surface area (Å²) in [6, 6.07) is 9.12. The van der Waals surface area contributed by atoms with Crippen LogP contribution >= 0.6 is 0 Å². The Labute approximate surface area is 280 Å². The van der Waals surface area contributed by atoms with Crippen LogP contribution in [0.25, 0.3) is 0 Å². The Morgan fingerprint density at radius 3 is 1.48 bits per heavy atom. The van der Waals surface area contributed by atoms with E-state index in [4.69, 9.17) is 24.0 Å². The van der Waals surface area contributed by atoms with Crippen LogP contribution in [0.2, 0.25) is 0 Å². The molecule has 0 bridgehead atoms. The van der Waals surface area contributed by atoms with Crippen LogP contribution in [0.1, 0.15) is 48.7 Å². The molecule has 0 atom stereocenters. The zero-order valence-corrected chi connectivity index (χ0v) is 29.4. The normalized spacial score (nSPS) is 15.3. The second-order valence-electron chi connectivity index (χ2n) is 10.6. The molecule has 0 unspecified atom stereocenters. The van der Waals surface area contributed by atoms with Crippen molar-refractivity contribution < 1.29 is 63.9 Å². The molecule has 0 N–H and O–H groups in total. The maximum Gasteiger partial charge on any atom is 2.00 e. The van der Waals surface area contributed by atoms with Crippen molar-refractivity contribution in [2.24, 2.45) is 0 Å². The average Bonchev–Trinajstić information content (AvgIpc) is 3.27. The Morgan fingerprint density at radius 2 is 1.18 bits per heavy atom. The van der Waals surface area contributed by atoms with Gasteiger partial charge >= 0.3 is 25.0 Å². The number of ketones is 1. The summed E-state index contributed by atoms with van der Waals surface area (Å²) in [6.07, 6.45) is 7.68. The molecule has 1 radical (unpaired) electrons. The van der Waals surface area contributed by atoms with Crippen LogP contribution in [0.15, 0.2) is 54.1 Å². The summed E-state index contributed by atoms with van der Waals surface area (Å²) in [5.74, 6) is 0.766. The van der Waals surface area contributed by atoms with E-state index in [1.165, 1.54) is 44.8 Å². The Bertz CT molecular complexity index is 1400. The van der Waals surface area contributed by atoms with Gasteiger partial charge in [-0.05, 0) is 69.9 Å². The maximum atomic E-state index is 10.7. The maximum absolute atomic E-state index is 10.7. The summed E-state index contributed by atoms with van der Waals surface area (Å²) < 4.78 is 64.3. The van der Waals surface area contributed by atoms with E-state index in [0.29, 0.717) is 5.57 Å². The molecule has 2 aromatic carbocycles. The van der Waals surface area contributed by atoms with Crippen molar-refractivity contribution in [3.05, 3.63) is 101 Å². The summed E-state index contributed by atoms with van der Waals surface area (Å²) in [4.78, 5) is 4.81. The topological polar surface area (TPSA) is 75.0 Å². The fourth-order valence-corrected chi connectivity index (χ4v) is 4.93. The van der Waals surface area contributed by atoms with Crippen molar-refractivity contribution in [1.29, 1.82) is 0 Å². The van der Waals surface area contributed by atoms with Gasteiger partial charge in [0.15, 0.2) is 10.1 Å². The number of carbonyl (C=O) groups excluding carboxylic acids is 1. The number of rotatable bonds is 3. The molecule has 1 aliphatic carbocycles. The van der Waals surface area contributed by atoms with E-state index < -0.39 is 15.6 Å². The summed E-state index contributed by atoms with van der Waals surface area (Å²) in [6.45, 7) is 27.2. The molecule has 12 heteroatoms. The predicted octanol–water partition coefficient (Wildman–Crippen LogP) is 4.27. The Balaban J connectivity index is 0. The zero-order chi connectivity index (χ0) is 32.0. The molecule has 1 heterocycles. The first-order chi connectivity index (χ1) is 19.3. The molecule has 0 aromatic heterocycles. The quantitative estimate of drug-likeness (QED) is 0.117. The van der Waals surface area contributed by atoms with Gasteiger partial charge in [-0.1, -0.05) is 47.0 Å². The second-order valence-corrected chi connectivity index (χ2v) is 12.0. The van der Waals surface area contributed by atoms with Gasteiger partial charge in [-0.2, -0.15) is 19.2 Å². The van der Waals surface area contributed by atoms with Crippen molar-refractivity contribution in [3.8, 4) is 0 Å². The van der Waals surface area contributed by atoms with Crippen molar-refractivity contribution in [2.45, 2.75) is 67.0 Å². The fraction of sp³-hybridized carbons (Fsp3) is 0.375. The summed E-state index contributed by atoms with van der Waals surface area (Å²) in [5.41, 5.74) is 5.89. The second kappa shape index (κ2) is 17.3. The van der Waals surface area contributed by atoms with Gasteiger partial charge in [-0.25, -0.2) is 15.0 Å². The smallest absolute Gasteiger partial charge is 1.00 e. The van der Waals surface area contributed by atoms with Crippen molar-refractivity contribution in [2.75, 3.05) is 22.9 Å². The molecule has 1 aliphatic heterocycles. The molecule has 4 rings (SSSR count). The molecular weight excluding hydrogens is 702 g/mol. The third-order valence-electron chi connectivity index (χ3n) is 6.27. The van der Waals surface area contributed by atoms with Crippen LogP contribution in [0.4, 0.5) is 24.5 Å². The van der Waals surface area contributed by atoms with Crippen LogP contribution in [-0.4, -0.2) is 43.5 Å². The number of halogens is 4. The molecule has 0 amide bonds. The minimum Gasteiger partial charge on any atom is -1.00 e. The number of nitrogens with zero attached hydrogens (tertiary/aromatic N) is 2. The third kappa shape index (κ3) is 11.8. The summed E-state index contributed by atoms with van der Waals surface area (Å²) in [7, 11) is -6.09. The molecule has 6 nitrogen and oxygen atoms in total. The molecule has 0 spiro atoms. The number of benzene rings is 2. The van der Waals surface area contributed by atoms with E-state index in [9.17, 15) is 13.2 Å². The van der Waals surface area contributed by atoms with Crippen molar-refractivity contribution >= 4 is 27.3 Å². The predicted molar refractivity (Wildman–Crippen MR) is 164 cm³/mol. The fourth-order valence-electron chi connectivity index (χ4n) is 4.93. The first-order valence-corrected chi connectivity index (χ1v) is 14.8. The van der Waals surface area contributed by atoms with Gasteiger partial charge in [0.1, 0.15) is 6.67 Å². The average molecular weight is 743 g/mol. The minimum absolute atomic E-state index is 0. The van der Waals surface area contributed by atoms with Crippen LogP contribution in [0.3, 0.4) is 0 Å². The van der Waals surface area contributed by atoms with Crippen LogP contribution in [0.5, 0.6) is 0 Å². The SMILES string of the molecule is Cc1cc(C)c(N2[CH]N(c3c(C)cc(C)cc3C)CC2)c(C)c1.O=S(=O)([O-])C(F)(F)F.[CH-]=C1C=CC=CC1=[O+]C(C)C.[Cl-].[HH].[Ru+2]. The number of alkyl halides is 3. The first kappa shape index (κ1) is 41.5. The number of hydrogen-bond donors (Lipinski definition) is 0. The zero-order valence-electron chi connectivity index (χ0n) is 26.1. The molecule has 245 valence electrons. The Kier molecular flexibility index (Phi) is 16.3. The molecule has 2 aromatic rings. The van der Waals surface area contributed by atoms with Crippen LogP contribution in [-0.2, 0) is 34.0 Å². The monoisotopic (exact) mass is 743 g/mol. The van der Waals surface area contributed by atoms with Crippen molar-refractivity contribution in [1.82, 2.24) is 0 Å². The standard InChI is InChI=1S/C21H27N2.C10H12O.CHF3O3S.ClH.Ru.H2/c1-14-9-16(3)20(17(4)10-14)22-7-8-23(13-22)21-18(5)11-15(2)12-19(21)6;1-8(2)11-10-7-5-4-6-9(10)3;2-1(3,4)8(5,6)7;;;/h9-13H,7-8H2,1-6H3;3-8H,1-2H3;(H,5,6,7);1H;;1H/q;;;;+2;/p-2.